The summed E-state index contributed by atoms with van der Waals surface area (Å²) in [7, 11) is 0. The van der Waals surface area contributed by atoms with E-state index in [2.05, 4.69) is 4.79 Å². The molecule has 0 aromatic rings. The Kier molecular flexibility index (Phi) is 3.95. The molecule has 1 rings (SSSR count). The second-order valence-corrected chi connectivity index (χ2v) is 3.53. The van der Waals surface area contributed by atoms with Gasteiger partial charge in [0.15, 0.2) is 6.10 Å². The monoisotopic (exact) mass is 198 g/mol. The van der Waals surface area contributed by atoms with Crippen molar-refractivity contribution in [1.82, 2.24) is 0 Å². The molecule has 0 amide bonds. The van der Waals surface area contributed by atoms with Crippen molar-refractivity contribution in [1.29, 1.82) is 0 Å². The summed E-state index contributed by atoms with van der Waals surface area (Å²) in [5.41, 5.74) is 8.23. The van der Waals surface area contributed by atoms with Crippen LogP contribution >= 0.6 is 0 Å². The number of aliphatic hydroxyl groups excluding tert-OH is 2. The Balaban J connectivity index is 2.70. The predicted molar refractivity (Wildman–Crippen MR) is 48.7 cm³/mol. The van der Waals surface area contributed by atoms with E-state index in [9.17, 15) is 9.90 Å². The first-order valence-electron chi connectivity index (χ1n) is 4.75. The van der Waals surface area contributed by atoms with Crippen LogP contribution in [0, 0.1) is 5.92 Å². The average Bonchev–Trinajstić information content (AvgIpc) is 2.71. The molecule has 1 unspecified atom stereocenters. The van der Waals surface area contributed by atoms with E-state index in [1.807, 2.05) is 0 Å². The molecule has 0 aromatic carbocycles. The Morgan fingerprint density at radius 3 is 2.50 bits per heavy atom. The molecule has 0 saturated heterocycles. The molecule has 0 bridgehead atoms. The molecule has 14 heavy (non-hydrogen) atoms. The van der Waals surface area contributed by atoms with Gasteiger partial charge in [0.25, 0.3) is 0 Å². The molecule has 5 heteroatoms. The van der Waals surface area contributed by atoms with Crippen LogP contribution in [0.1, 0.15) is 25.7 Å². The molecule has 0 heterocycles. The first-order valence-corrected chi connectivity index (χ1v) is 4.75. The Morgan fingerprint density at radius 2 is 2.07 bits per heavy atom. The Labute approximate surface area is 82.0 Å². The molecule has 0 aromatic heterocycles. The van der Waals surface area contributed by atoms with Gasteiger partial charge in [0.1, 0.15) is 0 Å². The van der Waals surface area contributed by atoms with Crippen LogP contribution in [0.4, 0.5) is 0 Å². The smallest absolute Gasteiger partial charge is 0.365 e. The van der Waals surface area contributed by atoms with E-state index < -0.39 is 12.7 Å². The molecule has 0 radical (unpaired) electrons. The van der Waals surface area contributed by atoms with E-state index in [1.165, 1.54) is 0 Å². The number of nitrogens with zero attached hydrogens (tertiary/aromatic N) is 2. The third kappa shape index (κ3) is 2.26. The molecule has 78 valence electrons. The number of rotatable bonds is 4. The lowest BCUT2D eigenvalue weighted by molar-refractivity contribution is -0.122. The number of Topliss-reactive ketones (excluding diaryl/α,β-unsaturated/α-hetero) is 1. The summed E-state index contributed by atoms with van der Waals surface area (Å²) in [6.07, 6.45) is 2.16. The number of hydrogen-bond acceptors (Lipinski definition) is 3. The van der Waals surface area contributed by atoms with Gasteiger partial charge >= 0.3 is 5.71 Å². The fourth-order valence-electron chi connectivity index (χ4n) is 1.76. The lowest BCUT2D eigenvalue weighted by Crippen LogP contribution is -2.35. The van der Waals surface area contributed by atoms with Crippen molar-refractivity contribution in [3.05, 3.63) is 5.53 Å². The van der Waals surface area contributed by atoms with Gasteiger partial charge in [-0.3, -0.25) is 4.79 Å². The lowest BCUT2D eigenvalue weighted by atomic mass is 9.96. The third-order valence-corrected chi connectivity index (χ3v) is 2.57. The third-order valence-electron chi connectivity index (χ3n) is 2.57. The maximum Gasteiger partial charge on any atom is 0.365 e. The largest absolute Gasteiger partial charge is 0.393 e. The van der Waals surface area contributed by atoms with Crippen molar-refractivity contribution in [2.75, 3.05) is 6.61 Å². The zero-order chi connectivity index (χ0) is 10.6. The summed E-state index contributed by atoms with van der Waals surface area (Å²) < 4.78 is 0. The van der Waals surface area contributed by atoms with Gasteiger partial charge in [0, 0.05) is 5.92 Å². The number of carbonyl (C=O) groups excluding carboxylic acids is 1. The van der Waals surface area contributed by atoms with Crippen LogP contribution in [0.5, 0.6) is 0 Å². The zero-order valence-electron chi connectivity index (χ0n) is 7.89. The first kappa shape index (κ1) is 11.0. The average molecular weight is 198 g/mol. The molecule has 0 aliphatic heterocycles. The maximum atomic E-state index is 11.6. The summed E-state index contributed by atoms with van der Waals surface area (Å²) >= 11 is 0. The fraction of sp³-hybridized carbons (Fsp3) is 0.778. The molecular formula is C9H14N2O3. The molecule has 1 fully saturated rings. The predicted octanol–water partition coefficient (Wildman–Crippen LogP) is -0.230. The minimum absolute atomic E-state index is 0.151. The number of ketones is 1. The van der Waals surface area contributed by atoms with Crippen LogP contribution < -0.4 is 0 Å². The molecule has 0 spiro atoms. The van der Waals surface area contributed by atoms with Crippen molar-refractivity contribution < 1.29 is 19.8 Å². The van der Waals surface area contributed by atoms with E-state index in [4.69, 9.17) is 10.6 Å². The molecule has 5 nitrogen and oxygen atoms in total. The van der Waals surface area contributed by atoms with E-state index in [0.29, 0.717) is 0 Å². The van der Waals surface area contributed by atoms with Gasteiger partial charge in [0.05, 0.1) is 6.61 Å². The number of aliphatic hydroxyl groups is 2. The highest BCUT2D eigenvalue weighted by Gasteiger charge is 2.35. The van der Waals surface area contributed by atoms with Crippen LogP contribution in [-0.4, -0.2) is 39.2 Å². The molecular weight excluding hydrogens is 184 g/mol. The summed E-state index contributed by atoms with van der Waals surface area (Å²) in [6.45, 7) is -0.599. The molecule has 1 aliphatic rings. The van der Waals surface area contributed by atoms with Crippen molar-refractivity contribution in [3.8, 4) is 0 Å². The molecule has 2 N–H and O–H groups in total. The maximum absolute atomic E-state index is 11.6. The van der Waals surface area contributed by atoms with Crippen LogP contribution in [0.3, 0.4) is 0 Å². The number of hydrogen-bond donors (Lipinski definition) is 2. The fourth-order valence-corrected chi connectivity index (χ4v) is 1.76. The molecule has 1 atom stereocenters. The Morgan fingerprint density at radius 1 is 1.50 bits per heavy atom. The van der Waals surface area contributed by atoms with Crippen LogP contribution in [0.15, 0.2) is 0 Å². The topological polar surface area (TPSA) is 93.9 Å². The lowest BCUT2D eigenvalue weighted by Gasteiger charge is -2.06. The summed E-state index contributed by atoms with van der Waals surface area (Å²) in [5, 5.41) is 17.8. The highest BCUT2D eigenvalue weighted by atomic mass is 16.3. The van der Waals surface area contributed by atoms with Gasteiger partial charge in [-0.1, -0.05) is 12.8 Å². The van der Waals surface area contributed by atoms with Gasteiger partial charge < -0.3 is 15.7 Å². The van der Waals surface area contributed by atoms with Gasteiger partial charge in [0.2, 0.25) is 5.78 Å². The SMILES string of the molecule is [N-]=[N+]=C(C(=O)C1CCCC1)C(O)CO. The molecule has 1 aliphatic carbocycles. The van der Waals surface area contributed by atoms with Crippen molar-refractivity contribution in [2.24, 2.45) is 5.92 Å². The van der Waals surface area contributed by atoms with Crippen molar-refractivity contribution in [2.45, 2.75) is 31.8 Å². The zero-order valence-corrected chi connectivity index (χ0v) is 7.89. The minimum atomic E-state index is -1.37. The van der Waals surface area contributed by atoms with E-state index in [1.54, 1.807) is 0 Å². The van der Waals surface area contributed by atoms with Crippen LogP contribution in [0.25, 0.3) is 5.53 Å². The Bertz CT molecular complexity index is 265. The van der Waals surface area contributed by atoms with Crippen LogP contribution in [-0.2, 0) is 4.79 Å². The second-order valence-electron chi connectivity index (χ2n) is 3.53. The van der Waals surface area contributed by atoms with E-state index in [0.717, 1.165) is 25.7 Å². The normalized spacial score (nSPS) is 19.0. The van der Waals surface area contributed by atoms with Crippen molar-refractivity contribution in [3.63, 3.8) is 0 Å². The summed E-state index contributed by atoms with van der Waals surface area (Å²) in [5.74, 6) is -0.492. The quantitative estimate of drug-likeness (QED) is 0.371. The standard InChI is InChI=1S/C9H14N2O3/c10-11-8(7(13)5-12)9(14)6-3-1-2-4-6/h6-7,12-13H,1-5H2. The second kappa shape index (κ2) is 5.00. The highest BCUT2D eigenvalue weighted by Crippen LogP contribution is 2.25. The first-order chi connectivity index (χ1) is 6.70. The van der Waals surface area contributed by atoms with Gasteiger partial charge in [-0.25, -0.2) is 0 Å². The van der Waals surface area contributed by atoms with E-state index >= 15 is 0 Å². The summed E-state index contributed by atoms with van der Waals surface area (Å²) in [6, 6.07) is 0. The highest BCUT2D eigenvalue weighted by molar-refractivity contribution is 6.39. The van der Waals surface area contributed by atoms with Gasteiger partial charge in [-0.05, 0) is 12.8 Å². The Hall–Kier alpha value is -1.03. The van der Waals surface area contributed by atoms with E-state index in [-0.39, 0.29) is 17.4 Å². The minimum Gasteiger partial charge on any atom is -0.393 e. The van der Waals surface area contributed by atoms with Crippen LogP contribution in [0.2, 0.25) is 0 Å². The van der Waals surface area contributed by atoms with Gasteiger partial charge in [-0.2, -0.15) is 4.79 Å². The molecule has 1 saturated carbocycles. The van der Waals surface area contributed by atoms with Gasteiger partial charge in [-0.15, -0.1) is 0 Å². The number of carbonyl (C=O) groups is 1. The van der Waals surface area contributed by atoms with Crippen molar-refractivity contribution >= 4 is 11.5 Å². The summed E-state index contributed by atoms with van der Waals surface area (Å²) in [4.78, 5) is 14.4.